The first-order valence-electron chi connectivity index (χ1n) is 13.3. The molecule has 0 radical (unpaired) electrons. The van der Waals surface area contributed by atoms with E-state index in [0.29, 0.717) is 41.9 Å². The van der Waals surface area contributed by atoms with Gasteiger partial charge in [0, 0.05) is 6.42 Å². The first-order chi connectivity index (χ1) is 15.6. The Morgan fingerprint density at radius 1 is 1.06 bits per heavy atom. The summed E-state index contributed by atoms with van der Waals surface area (Å²) in [5.74, 6) is 2.62. The lowest BCUT2D eigenvalue weighted by Crippen LogP contribution is -2.58. The summed E-state index contributed by atoms with van der Waals surface area (Å²) in [5.41, 5.74) is 0.173. The summed E-state index contributed by atoms with van der Waals surface area (Å²) in [6, 6.07) is 0. The molecule has 4 fully saturated rings. The molecule has 0 unspecified atom stereocenters. The Morgan fingerprint density at radius 3 is 2.55 bits per heavy atom. The summed E-state index contributed by atoms with van der Waals surface area (Å²) in [4.78, 5) is 23.5. The van der Waals surface area contributed by atoms with E-state index in [2.05, 4.69) is 30.8 Å². The highest BCUT2D eigenvalue weighted by atomic mass is 16.5. The van der Waals surface area contributed by atoms with Crippen LogP contribution in [0.3, 0.4) is 0 Å². The molecule has 4 rings (SSSR count). The molecule has 0 aromatic carbocycles. The average Bonchev–Trinajstić information content (AvgIpc) is 3.15. The molecule has 188 valence electrons. The Kier molecular flexibility index (Phi) is 7.18. The summed E-state index contributed by atoms with van der Waals surface area (Å²) in [5, 5.41) is 24.5. The molecule has 0 saturated heterocycles. The van der Waals surface area contributed by atoms with Gasteiger partial charge in [0.2, 0.25) is 5.91 Å². The molecule has 0 bridgehead atoms. The van der Waals surface area contributed by atoms with Gasteiger partial charge in [0.05, 0.1) is 19.3 Å². The fourth-order valence-corrected chi connectivity index (χ4v) is 9.05. The predicted octanol–water partition coefficient (Wildman–Crippen LogP) is 3.68. The Bertz CT molecular complexity index is 742. The lowest BCUT2D eigenvalue weighted by Gasteiger charge is -2.62. The standard InChI is InChI=1S/C27H45NO5/c1-16(5-10-24(31)28-15-25(32)33-4)20-8-9-21-19-7-6-17-13-18(29)11-12-26(17,2)22(19)14-23(30)27(20,21)3/h16-23,29-30H,5-15H2,1-4H3,(H,28,31)/t16-,17-,18-,19+,20-,21+,22+,23+,26+,27-/m1/s1. The van der Waals surface area contributed by atoms with Crippen LogP contribution in [0, 0.1) is 46.3 Å². The van der Waals surface area contributed by atoms with Crippen LogP contribution < -0.4 is 5.32 Å². The molecular formula is C27H45NO5. The number of ether oxygens (including phenoxy) is 1. The number of esters is 1. The van der Waals surface area contributed by atoms with Crippen molar-refractivity contribution < 1.29 is 24.5 Å². The Hall–Kier alpha value is -1.14. The molecule has 0 aromatic rings. The van der Waals surface area contributed by atoms with Crippen LogP contribution in [0.25, 0.3) is 0 Å². The van der Waals surface area contributed by atoms with Gasteiger partial charge in [-0.05, 0) is 104 Å². The maximum Gasteiger partial charge on any atom is 0.325 e. The highest BCUT2D eigenvalue weighted by Gasteiger charge is 2.63. The highest BCUT2D eigenvalue weighted by Crippen LogP contribution is 2.68. The number of aliphatic hydroxyl groups excluding tert-OH is 2. The third kappa shape index (κ3) is 4.35. The summed E-state index contributed by atoms with van der Waals surface area (Å²) in [7, 11) is 1.32. The normalized spacial score (nSPS) is 45.3. The van der Waals surface area contributed by atoms with Gasteiger partial charge in [-0.25, -0.2) is 0 Å². The van der Waals surface area contributed by atoms with Crippen molar-refractivity contribution in [3.05, 3.63) is 0 Å². The molecule has 1 amide bonds. The highest BCUT2D eigenvalue weighted by molar-refractivity contribution is 5.81. The van der Waals surface area contributed by atoms with Gasteiger partial charge in [-0.15, -0.1) is 0 Å². The minimum Gasteiger partial charge on any atom is -0.468 e. The Labute approximate surface area is 199 Å². The fraction of sp³-hybridized carbons (Fsp3) is 0.926. The molecule has 10 atom stereocenters. The molecule has 6 heteroatoms. The molecule has 0 aliphatic heterocycles. The van der Waals surface area contributed by atoms with Crippen LogP contribution in [0.4, 0.5) is 0 Å². The number of amides is 1. The predicted molar refractivity (Wildman–Crippen MR) is 126 cm³/mol. The van der Waals surface area contributed by atoms with Gasteiger partial charge in [-0.1, -0.05) is 20.8 Å². The van der Waals surface area contributed by atoms with Crippen molar-refractivity contribution >= 4 is 11.9 Å². The zero-order valence-corrected chi connectivity index (χ0v) is 21.0. The van der Waals surface area contributed by atoms with Gasteiger partial charge in [-0.3, -0.25) is 9.59 Å². The zero-order valence-electron chi connectivity index (χ0n) is 21.0. The number of aliphatic hydroxyl groups is 2. The smallest absolute Gasteiger partial charge is 0.325 e. The fourth-order valence-electron chi connectivity index (χ4n) is 9.05. The quantitative estimate of drug-likeness (QED) is 0.522. The maximum atomic E-state index is 12.2. The summed E-state index contributed by atoms with van der Waals surface area (Å²) < 4.78 is 4.59. The molecule has 0 heterocycles. The van der Waals surface area contributed by atoms with Crippen molar-refractivity contribution in [2.75, 3.05) is 13.7 Å². The number of carbonyl (C=O) groups is 2. The monoisotopic (exact) mass is 463 g/mol. The van der Waals surface area contributed by atoms with Gasteiger partial charge in [0.25, 0.3) is 0 Å². The molecule has 4 aliphatic carbocycles. The molecule has 4 saturated carbocycles. The number of methoxy groups -OCH3 is 1. The van der Waals surface area contributed by atoms with E-state index in [9.17, 15) is 19.8 Å². The SMILES string of the molecule is COC(=O)CNC(=O)CC[C@@H](C)[C@H]1CC[C@H]2[C@@H]3CC[C@@H]4C[C@H](O)CC[C@]4(C)[C@H]3C[C@H](O)[C@]12C. The van der Waals surface area contributed by atoms with Crippen LogP contribution in [0.1, 0.15) is 85.0 Å². The summed E-state index contributed by atoms with van der Waals surface area (Å²) >= 11 is 0. The van der Waals surface area contributed by atoms with Crippen molar-refractivity contribution in [3.63, 3.8) is 0 Å². The second-order valence-electron chi connectivity index (χ2n) is 12.3. The van der Waals surface area contributed by atoms with E-state index in [0.717, 1.165) is 38.5 Å². The molecule has 0 aromatic heterocycles. The third-order valence-electron chi connectivity index (χ3n) is 11.0. The van der Waals surface area contributed by atoms with Crippen molar-refractivity contribution in [2.45, 2.75) is 97.2 Å². The maximum absolute atomic E-state index is 12.2. The van der Waals surface area contributed by atoms with E-state index < -0.39 is 5.97 Å². The molecule has 3 N–H and O–H groups in total. The van der Waals surface area contributed by atoms with Crippen molar-refractivity contribution in [3.8, 4) is 0 Å². The lowest BCUT2D eigenvalue weighted by molar-refractivity contribution is -0.175. The van der Waals surface area contributed by atoms with E-state index in [4.69, 9.17) is 0 Å². The third-order valence-corrected chi connectivity index (χ3v) is 11.0. The Balaban J connectivity index is 1.42. The molecule has 6 nitrogen and oxygen atoms in total. The van der Waals surface area contributed by atoms with Crippen molar-refractivity contribution in [2.24, 2.45) is 46.3 Å². The van der Waals surface area contributed by atoms with Gasteiger partial charge in [0.15, 0.2) is 0 Å². The largest absolute Gasteiger partial charge is 0.468 e. The summed E-state index contributed by atoms with van der Waals surface area (Å²) in [6.45, 7) is 6.96. The molecule has 33 heavy (non-hydrogen) atoms. The van der Waals surface area contributed by atoms with E-state index in [1.54, 1.807) is 0 Å². The molecule has 4 aliphatic rings. The van der Waals surface area contributed by atoms with Crippen LogP contribution >= 0.6 is 0 Å². The number of carbonyl (C=O) groups excluding carboxylic acids is 2. The van der Waals surface area contributed by atoms with E-state index in [1.807, 2.05) is 0 Å². The number of nitrogens with one attached hydrogen (secondary N) is 1. The zero-order chi connectivity index (χ0) is 24.0. The lowest BCUT2D eigenvalue weighted by atomic mass is 9.43. The minimum absolute atomic E-state index is 0.0779. The first kappa shape index (κ1) is 25.0. The average molecular weight is 464 g/mol. The number of hydrogen-bond acceptors (Lipinski definition) is 5. The van der Waals surface area contributed by atoms with Gasteiger partial charge >= 0.3 is 5.97 Å². The Morgan fingerprint density at radius 2 is 1.82 bits per heavy atom. The van der Waals surface area contributed by atoms with Crippen LogP contribution in [-0.4, -0.2) is 48.0 Å². The topological polar surface area (TPSA) is 95.9 Å². The van der Waals surface area contributed by atoms with E-state index in [1.165, 1.54) is 26.4 Å². The minimum atomic E-state index is -0.432. The first-order valence-corrected chi connectivity index (χ1v) is 13.3. The second-order valence-corrected chi connectivity index (χ2v) is 12.3. The van der Waals surface area contributed by atoms with Gasteiger partial charge in [0.1, 0.15) is 6.54 Å². The van der Waals surface area contributed by atoms with Crippen LogP contribution in [-0.2, 0) is 14.3 Å². The van der Waals surface area contributed by atoms with Gasteiger partial charge < -0.3 is 20.3 Å². The van der Waals surface area contributed by atoms with Gasteiger partial charge in [-0.2, -0.15) is 0 Å². The number of rotatable bonds is 6. The van der Waals surface area contributed by atoms with Crippen molar-refractivity contribution in [1.82, 2.24) is 5.32 Å². The van der Waals surface area contributed by atoms with Crippen molar-refractivity contribution in [1.29, 1.82) is 0 Å². The van der Waals surface area contributed by atoms with Crippen LogP contribution in [0.2, 0.25) is 0 Å². The number of fused-ring (bicyclic) bond motifs is 5. The summed E-state index contributed by atoms with van der Waals surface area (Å²) in [6.07, 6.45) is 9.35. The molecular weight excluding hydrogens is 418 g/mol. The number of hydrogen-bond donors (Lipinski definition) is 3. The molecule has 0 spiro atoms. The second kappa shape index (κ2) is 9.49. The van der Waals surface area contributed by atoms with Crippen LogP contribution in [0.15, 0.2) is 0 Å². The van der Waals surface area contributed by atoms with E-state index >= 15 is 0 Å². The van der Waals surface area contributed by atoms with Crippen LogP contribution in [0.5, 0.6) is 0 Å². The van der Waals surface area contributed by atoms with E-state index in [-0.39, 0.29) is 35.5 Å².